The maximum atomic E-state index is 13.1. The van der Waals surface area contributed by atoms with Gasteiger partial charge in [0.25, 0.3) is 11.6 Å². The van der Waals surface area contributed by atoms with Crippen molar-refractivity contribution >= 4 is 17.0 Å². The number of likely N-dealkylation sites (tertiary alicyclic amines) is 1. The van der Waals surface area contributed by atoms with Crippen LogP contribution in [0.25, 0.3) is 11.1 Å². The number of pyridine rings is 1. The Bertz CT molecular complexity index is 730. The first-order chi connectivity index (χ1) is 11.5. The summed E-state index contributed by atoms with van der Waals surface area (Å²) in [6.45, 7) is 8.60. The predicted octanol–water partition coefficient (Wildman–Crippen LogP) is 2.73. The third-order valence-corrected chi connectivity index (χ3v) is 4.77. The highest BCUT2D eigenvalue weighted by atomic mass is 16.5. The standard InChI is InChI=1S/C18H26N4O2/c1-11(2)16-15-14(9-12(3)20-17(15)24-21-16)18(23)22-7-5-13(6-8-22)10-19-4/h9,11,13,19H,5-8,10H2,1-4H3. The van der Waals surface area contributed by atoms with E-state index in [9.17, 15) is 4.79 Å². The topological polar surface area (TPSA) is 71.3 Å². The third-order valence-electron chi connectivity index (χ3n) is 4.77. The van der Waals surface area contributed by atoms with Crippen molar-refractivity contribution in [2.45, 2.75) is 39.5 Å². The Morgan fingerprint density at radius 1 is 1.42 bits per heavy atom. The van der Waals surface area contributed by atoms with Crippen molar-refractivity contribution in [3.8, 4) is 0 Å². The molecule has 1 aliphatic heterocycles. The summed E-state index contributed by atoms with van der Waals surface area (Å²) in [6.07, 6.45) is 2.08. The number of hydrogen-bond acceptors (Lipinski definition) is 5. The molecule has 0 aromatic carbocycles. The number of aryl methyl sites for hydroxylation is 1. The summed E-state index contributed by atoms with van der Waals surface area (Å²) in [5.41, 5.74) is 2.73. The number of carbonyl (C=O) groups is 1. The van der Waals surface area contributed by atoms with Crippen molar-refractivity contribution in [3.05, 3.63) is 23.0 Å². The number of piperidine rings is 1. The van der Waals surface area contributed by atoms with Crippen LogP contribution in [0.2, 0.25) is 0 Å². The molecule has 0 atom stereocenters. The number of fused-ring (bicyclic) bond motifs is 1. The van der Waals surface area contributed by atoms with E-state index in [-0.39, 0.29) is 11.8 Å². The lowest BCUT2D eigenvalue weighted by Crippen LogP contribution is -2.40. The zero-order chi connectivity index (χ0) is 17.3. The molecule has 0 bridgehead atoms. The van der Waals surface area contributed by atoms with E-state index in [0.29, 0.717) is 17.2 Å². The average molecular weight is 330 g/mol. The Morgan fingerprint density at radius 3 is 2.75 bits per heavy atom. The lowest BCUT2D eigenvalue weighted by molar-refractivity contribution is 0.0692. The number of amides is 1. The second kappa shape index (κ2) is 6.89. The van der Waals surface area contributed by atoms with E-state index in [1.165, 1.54) is 0 Å². The Kier molecular flexibility index (Phi) is 4.85. The molecule has 130 valence electrons. The Morgan fingerprint density at radius 2 is 2.12 bits per heavy atom. The van der Waals surface area contributed by atoms with Crippen LogP contribution in [0.5, 0.6) is 0 Å². The Labute approximate surface area is 142 Å². The molecule has 2 aromatic rings. The largest absolute Gasteiger partial charge is 0.339 e. The first-order valence-corrected chi connectivity index (χ1v) is 8.72. The summed E-state index contributed by atoms with van der Waals surface area (Å²) in [6, 6.07) is 1.87. The smallest absolute Gasteiger partial charge is 0.259 e. The zero-order valence-electron chi connectivity index (χ0n) is 14.9. The van der Waals surface area contributed by atoms with Gasteiger partial charge in [-0.15, -0.1) is 0 Å². The van der Waals surface area contributed by atoms with Gasteiger partial charge in [0.2, 0.25) is 0 Å². The molecular formula is C18H26N4O2. The molecule has 6 nitrogen and oxygen atoms in total. The number of aromatic nitrogens is 2. The minimum atomic E-state index is 0.0681. The molecule has 6 heteroatoms. The summed E-state index contributed by atoms with van der Waals surface area (Å²) < 4.78 is 5.38. The summed E-state index contributed by atoms with van der Waals surface area (Å²) in [5, 5.41) is 8.15. The van der Waals surface area contributed by atoms with E-state index in [2.05, 4.69) is 29.3 Å². The van der Waals surface area contributed by atoms with E-state index in [0.717, 1.165) is 49.2 Å². The number of nitrogens with zero attached hydrogens (tertiary/aromatic N) is 3. The van der Waals surface area contributed by atoms with Crippen LogP contribution < -0.4 is 5.32 Å². The van der Waals surface area contributed by atoms with Crippen LogP contribution in [-0.2, 0) is 0 Å². The van der Waals surface area contributed by atoms with Crippen LogP contribution >= 0.6 is 0 Å². The van der Waals surface area contributed by atoms with Crippen LogP contribution in [-0.4, -0.2) is 47.6 Å². The molecule has 0 spiro atoms. The van der Waals surface area contributed by atoms with Gasteiger partial charge in [0, 0.05) is 18.8 Å². The Hall–Kier alpha value is -1.95. The van der Waals surface area contributed by atoms with Crippen LogP contribution in [0.15, 0.2) is 10.6 Å². The Balaban J connectivity index is 1.91. The molecule has 1 aliphatic rings. The maximum absolute atomic E-state index is 13.1. The van der Waals surface area contributed by atoms with Gasteiger partial charge in [-0.05, 0) is 51.3 Å². The molecule has 1 amide bonds. The molecule has 2 aromatic heterocycles. The number of carbonyl (C=O) groups excluding carboxylic acids is 1. The van der Waals surface area contributed by atoms with E-state index < -0.39 is 0 Å². The summed E-state index contributed by atoms with van der Waals surface area (Å²) in [7, 11) is 1.98. The van der Waals surface area contributed by atoms with Gasteiger partial charge in [0.1, 0.15) is 0 Å². The quantitative estimate of drug-likeness (QED) is 0.933. The molecule has 3 rings (SSSR count). The van der Waals surface area contributed by atoms with Crippen molar-refractivity contribution in [2.75, 3.05) is 26.7 Å². The second-order valence-electron chi connectivity index (χ2n) is 7.01. The summed E-state index contributed by atoms with van der Waals surface area (Å²) in [4.78, 5) is 19.5. The lowest BCUT2D eigenvalue weighted by atomic mass is 9.95. The van der Waals surface area contributed by atoms with Crippen LogP contribution in [0.3, 0.4) is 0 Å². The summed E-state index contributed by atoms with van der Waals surface area (Å²) in [5.74, 6) is 0.905. The molecule has 1 fully saturated rings. The maximum Gasteiger partial charge on any atom is 0.259 e. The third kappa shape index (κ3) is 3.15. The molecule has 1 N–H and O–H groups in total. The van der Waals surface area contributed by atoms with E-state index in [1.807, 2.05) is 24.9 Å². The van der Waals surface area contributed by atoms with E-state index in [4.69, 9.17) is 4.52 Å². The highest BCUT2D eigenvalue weighted by Crippen LogP contribution is 2.29. The zero-order valence-corrected chi connectivity index (χ0v) is 14.9. The van der Waals surface area contributed by atoms with Gasteiger partial charge in [-0.25, -0.2) is 4.98 Å². The minimum Gasteiger partial charge on any atom is -0.339 e. The van der Waals surface area contributed by atoms with Gasteiger partial charge in [0.05, 0.1) is 16.6 Å². The minimum absolute atomic E-state index is 0.0681. The fourth-order valence-corrected chi connectivity index (χ4v) is 3.46. The number of rotatable bonds is 4. The fourth-order valence-electron chi connectivity index (χ4n) is 3.46. The lowest BCUT2D eigenvalue weighted by Gasteiger charge is -2.32. The molecule has 0 aliphatic carbocycles. The average Bonchev–Trinajstić information content (AvgIpc) is 2.98. The highest BCUT2D eigenvalue weighted by molar-refractivity contribution is 6.06. The summed E-state index contributed by atoms with van der Waals surface area (Å²) >= 11 is 0. The van der Waals surface area contributed by atoms with Gasteiger partial charge < -0.3 is 14.7 Å². The monoisotopic (exact) mass is 330 g/mol. The van der Waals surface area contributed by atoms with Gasteiger partial charge in [-0.1, -0.05) is 19.0 Å². The van der Waals surface area contributed by atoms with E-state index in [1.54, 1.807) is 0 Å². The van der Waals surface area contributed by atoms with Gasteiger partial charge in [-0.2, -0.15) is 0 Å². The van der Waals surface area contributed by atoms with Gasteiger partial charge >= 0.3 is 0 Å². The van der Waals surface area contributed by atoms with Crippen LogP contribution in [0, 0.1) is 12.8 Å². The molecule has 0 radical (unpaired) electrons. The second-order valence-corrected chi connectivity index (χ2v) is 7.01. The van der Waals surface area contributed by atoms with Crippen LogP contribution in [0.4, 0.5) is 0 Å². The fraction of sp³-hybridized carbons (Fsp3) is 0.611. The molecule has 0 saturated carbocycles. The van der Waals surface area contributed by atoms with Crippen molar-refractivity contribution in [1.82, 2.24) is 20.4 Å². The highest BCUT2D eigenvalue weighted by Gasteiger charge is 2.27. The van der Waals surface area contributed by atoms with Crippen molar-refractivity contribution in [2.24, 2.45) is 5.92 Å². The number of nitrogens with one attached hydrogen (secondary N) is 1. The SMILES string of the molecule is CNCC1CCN(C(=O)c2cc(C)nc3onc(C(C)C)c23)CC1. The first-order valence-electron chi connectivity index (χ1n) is 8.72. The predicted molar refractivity (Wildman–Crippen MR) is 93.2 cm³/mol. The van der Waals surface area contributed by atoms with Crippen molar-refractivity contribution in [3.63, 3.8) is 0 Å². The normalized spacial score (nSPS) is 16.3. The van der Waals surface area contributed by atoms with Gasteiger partial charge in [-0.3, -0.25) is 4.79 Å². The van der Waals surface area contributed by atoms with Gasteiger partial charge in [0.15, 0.2) is 0 Å². The van der Waals surface area contributed by atoms with Crippen LogP contribution in [0.1, 0.15) is 54.4 Å². The van der Waals surface area contributed by atoms with E-state index >= 15 is 0 Å². The first kappa shape index (κ1) is 16.9. The molecule has 3 heterocycles. The van der Waals surface area contributed by atoms with Crippen molar-refractivity contribution < 1.29 is 9.32 Å². The molecule has 1 saturated heterocycles. The number of hydrogen-bond donors (Lipinski definition) is 1. The molecular weight excluding hydrogens is 304 g/mol. The molecule has 24 heavy (non-hydrogen) atoms. The molecule has 0 unspecified atom stereocenters. The van der Waals surface area contributed by atoms with Crippen molar-refractivity contribution in [1.29, 1.82) is 0 Å².